The Balaban J connectivity index is 2.08. The highest BCUT2D eigenvalue weighted by Gasteiger charge is 2.44. The second kappa shape index (κ2) is 3.99. The monoisotopic (exact) mass is 233 g/mol. The molecule has 0 aliphatic heterocycles. The Labute approximate surface area is 108 Å². The zero-order chi connectivity index (χ0) is 12.6. The van der Waals surface area contributed by atoms with E-state index in [2.05, 4.69) is 61.5 Å². The molecule has 0 aromatic heterocycles. The minimum absolute atomic E-state index is 0.196. The van der Waals surface area contributed by atoms with Gasteiger partial charge in [-0.15, -0.1) is 0 Å². The summed E-state index contributed by atoms with van der Waals surface area (Å²) in [6, 6.07) is 19.3. The van der Waals surface area contributed by atoms with Gasteiger partial charge in [0.2, 0.25) is 0 Å². The third-order valence-corrected chi connectivity index (χ3v) is 3.84. The number of rotatable bonds is 2. The van der Waals surface area contributed by atoms with E-state index in [0.717, 1.165) is 12.8 Å². The normalized spacial score (nSPS) is 16.0. The van der Waals surface area contributed by atoms with E-state index in [1.807, 2.05) is 0 Å². The Kier molecular flexibility index (Phi) is 2.45. The maximum atomic E-state index is 9.28. The lowest BCUT2D eigenvalue weighted by molar-refractivity contribution is 0.909. The largest absolute Gasteiger partial charge is 0.197 e. The molecule has 2 aromatic rings. The zero-order valence-corrected chi connectivity index (χ0v) is 10.5. The molecule has 1 fully saturated rings. The maximum Gasteiger partial charge on any atom is 0.0824 e. The summed E-state index contributed by atoms with van der Waals surface area (Å²) in [6.45, 7) is 2.12. The fourth-order valence-electron chi connectivity index (χ4n) is 2.47. The quantitative estimate of drug-likeness (QED) is 0.762. The van der Waals surface area contributed by atoms with Crippen LogP contribution in [0.5, 0.6) is 0 Å². The maximum absolute atomic E-state index is 9.28. The third-order valence-electron chi connectivity index (χ3n) is 3.84. The number of nitriles is 1. The SMILES string of the molecule is Cc1ccccc1-c1cccc(C2(C#N)CC2)c1. The van der Waals surface area contributed by atoms with Crippen molar-refractivity contribution in [3.05, 3.63) is 59.7 Å². The summed E-state index contributed by atoms with van der Waals surface area (Å²) >= 11 is 0. The van der Waals surface area contributed by atoms with Gasteiger partial charge < -0.3 is 0 Å². The molecular weight excluding hydrogens is 218 g/mol. The first-order valence-electron chi connectivity index (χ1n) is 6.33. The number of hydrogen-bond donors (Lipinski definition) is 0. The van der Waals surface area contributed by atoms with Crippen LogP contribution in [0.15, 0.2) is 48.5 Å². The summed E-state index contributed by atoms with van der Waals surface area (Å²) in [5.74, 6) is 0. The Bertz CT molecular complexity index is 630. The Morgan fingerprint density at radius 2 is 1.83 bits per heavy atom. The first-order chi connectivity index (χ1) is 8.75. The molecule has 18 heavy (non-hydrogen) atoms. The number of aryl methyl sites for hydroxylation is 1. The molecule has 0 amide bonds. The van der Waals surface area contributed by atoms with Gasteiger partial charge in [0.05, 0.1) is 11.5 Å². The fourth-order valence-corrected chi connectivity index (χ4v) is 2.47. The van der Waals surface area contributed by atoms with E-state index in [4.69, 9.17) is 0 Å². The summed E-state index contributed by atoms with van der Waals surface area (Å²) in [5, 5.41) is 9.28. The summed E-state index contributed by atoms with van der Waals surface area (Å²) in [6.07, 6.45) is 2.00. The van der Waals surface area contributed by atoms with E-state index in [0.29, 0.717) is 0 Å². The lowest BCUT2D eigenvalue weighted by Crippen LogP contribution is -2.02. The molecule has 1 aliphatic carbocycles. The van der Waals surface area contributed by atoms with Crippen LogP contribution in [0.25, 0.3) is 11.1 Å². The van der Waals surface area contributed by atoms with Gasteiger partial charge in [0, 0.05) is 0 Å². The number of hydrogen-bond acceptors (Lipinski definition) is 1. The Hall–Kier alpha value is -2.07. The van der Waals surface area contributed by atoms with Crippen LogP contribution in [-0.2, 0) is 5.41 Å². The molecular formula is C17H15N. The van der Waals surface area contributed by atoms with Crippen LogP contribution < -0.4 is 0 Å². The van der Waals surface area contributed by atoms with E-state index in [9.17, 15) is 5.26 Å². The van der Waals surface area contributed by atoms with Crippen molar-refractivity contribution in [1.82, 2.24) is 0 Å². The van der Waals surface area contributed by atoms with Crippen molar-refractivity contribution in [3.8, 4) is 17.2 Å². The minimum atomic E-state index is -0.196. The molecule has 3 rings (SSSR count). The van der Waals surface area contributed by atoms with Crippen molar-refractivity contribution in [2.24, 2.45) is 0 Å². The van der Waals surface area contributed by atoms with Crippen LogP contribution in [0.1, 0.15) is 24.0 Å². The molecule has 0 N–H and O–H groups in total. The second-order valence-electron chi connectivity index (χ2n) is 5.09. The van der Waals surface area contributed by atoms with E-state index < -0.39 is 0 Å². The topological polar surface area (TPSA) is 23.8 Å². The molecule has 0 unspecified atom stereocenters. The van der Waals surface area contributed by atoms with Gasteiger partial charge in [-0.1, -0.05) is 42.5 Å². The predicted molar refractivity (Wildman–Crippen MR) is 73.1 cm³/mol. The number of nitrogens with zero attached hydrogens (tertiary/aromatic N) is 1. The van der Waals surface area contributed by atoms with E-state index in [-0.39, 0.29) is 5.41 Å². The van der Waals surface area contributed by atoms with Gasteiger partial charge in [-0.25, -0.2) is 0 Å². The van der Waals surface area contributed by atoms with Crippen LogP contribution in [0, 0.1) is 18.3 Å². The second-order valence-corrected chi connectivity index (χ2v) is 5.09. The molecule has 2 aromatic carbocycles. The Morgan fingerprint density at radius 1 is 1.06 bits per heavy atom. The molecule has 0 atom stereocenters. The first-order valence-corrected chi connectivity index (χ1v) is 6.33. The van der Waals surface area contributed by atoms with Gasteiger partial charge in [-0.2, -0.15) is 5.26 Å². The third kappa shape index (κ3) is 1.71. The average Bonchev–Trinajstić information content (AvgIpc) is 3.20. The lowest BCUT2D eigenvalue weighted by atomic mass is 9.92. The lowest BCUT2D eigenvalue weighted by Gasteiger charge is -2.10. The molecule has 0 heterocycles. The van der Waals surface area contributed by atoms with Gasteiger partial charge in [-0.05, 0) is 48.1 Å². The van der Waals surface area contributed by atoms with Crippen molar-refractivity contribution >= 4 is 0 Å². The Morgan fingerprint density at radius 3 is 2.50 bits per heavy atom. The molecule has 0 spiro atoms. The van der Waals surface area contributed by atoms with Gasteiger partial charge in [0.15, 0.2) is 0 Å². The van der Waals surface area contributed by atoms with E-state index >= 15 is 0 Å². The highest BCUT2D eigenvalue weighted by Crippen LogP contribution is 2.48. The van der Waals surface area contributed by atoms with Crippen LogP contribution in [0.3, 0.4) is 0 Å². The first kappa shape index (κ1) is 11.0. The predicted octanol–water partition coefficient (Wildman–Crippen LogP) is 4.22. The van der Waals surface area contributed by atoms with Crippen molar-refractivity contribution < 1.29 is 0 Å². The fraction of sp³-hybridized carbons (Fsp3) is 0.235. The van der Waals surface area contributed by atoms with E-state index in [1.54, 1.807) is 0 Å². The summed E-state index contributed by atoms with van der Waals surface area (Å²) in [7, 11) is 0. The van der Waals surface area contributed by atoms with Crippen molar-refractivity contribution in [1.29, 1.82) is 5.26 Å². The van der Waals surface area contributed by atoms with Crippen LogP contribution in [-0.4, -0.2) is 0 Å². The zero-order valence-electron chi connectivity index (χ0n) is 10.5. The van der Waals surface area contributed by atoms with Gasteiger partial charge in [0.1, 0.15) is 0 Å². The standard InChI is InChI=1S/C17H15N/c1-13-5-2-3-8-16(13)14-6-4-7-15(11-14)17(12-18)9-10-17/h2-8,11H,9-10H2,1H3. The van der Waals surface area contributed by atoms with Crippen molar-refractivity contribution in [3.63, 3.8) is 0 Å². The van der Waals surface area contributed by atoms with E-state index in [1.165, 1.54) is 22.3 Å². The molecule has 1 nitrogen and oxygen atoms in total. The van der Waals surface area contributed by atoms with Gasteiger partial charge in [-0.3, -0.25) is 0 Å². The van der Waals surface area contributed by atoms with Crippen LogP contribution >= 0.6 is 0 Å². The van der Waals surface area contributed by atoms with Crippen molar-refractivity contribution in [2.75, 3.05) is 0 Å². The molecule has 88 valence electrons. The minimum Gasteiger partial charge on any atom is -0.197 e. The highest BCUT2D eigenvalue weighted by atomic mass is 14.5. The van der Waals surface area contributed by atoms with Crippen molar-refractivity contribution in [2.45, 2.75) is 25.2 Å². The molecule has 1 saturated carbocycles. The van der Waals surface area contributed by atoms with Crippen LogP contribution in [0.2, 0.25) is 0 Å². The molecule has 0 saturated heterocycles. The number of benzene rings is 2. The summed E-state index contributed by atoms with van der Waals surface area (Å²) in [5.41, 5.74) is 4.72. The molecule has 0 bridgehead atoms. The van der Waals surface area contributed by atoms with Gasteiger partial charge >= 0.3 is 0 Å². The molecule has 0 radical (unpaired) electrons. The summed E-state index contributed by atoms with van der Waals surface area (Å²) in [4.78, 5) is 0. The van der Waals surface area contributed by atoms with Gasteiger partial charge in [0.25, 0.3) is 0 Å². The highest BCUT2D eigenvalue weighted by molar-refractivity contribution is 5.68. The summed E-state index contributed by atoms with van der Waals surface area (Å²) < 4.78 is 0. The van der Waals surface area contributed by atoms with Crippen LogP contribution in [0.4, 0.5) is 0 Å². The molecule has 1 aliphatic rings. The smallest absolute Gasteiger partial charge is 0.0824 e. The molecule has 1 heteroatoms. The average molecular weight is 233 g/mol.